The lowest BCUT2D eigenvalue weighted by molar-refractivity contribution is 0.415. The lowest BCUT2D eigenvalue weighted by Gasteiger charge is -2.10. The Balaban J connectivity index is 2.37. The number of hydrogen-bond acceptors (Lipinski definition) is 4. The van der Waals surface area contributed by atoms with Crippen LogP contribution >= 0.6 is 15.9 Å². The molecule has 0 fully saturated rings. The summed E-state index contributed by atoms with van der Waals surface area (Å²) in [4.78, 5) is 4.00. The highest BCUT2D eigenvalue weighted by Gasteiger charge is 2.06. The molecule has 1 aromatic heterocycles. The average Bonchev–Trinajstić information content (AvgIpc) is 2.42. The van der Waals surface area contributed by atoms with Crippen LogP contribution in [0.25, 0.3) is 0 Å². The molecule has 0 aliphatic carbocycles. The Morgan fingerprint density at radius 3 is 2.89 bits per heavy atom. The molecule has 1 heterocycles. The first kappa shape index (κ1) is 12.4. The van der Waals surface area contributed by atoms with Gasteiger partial charge in [-0.25, -0.2) is 0 Å². The standard InChI is InChI=1S/C13H10BrN3O/c1-18-10-2-3-11(14)12(6-10)17-13-8-16-5-4-9(13)7-15/h2-6,8,17H,1H3. The average molecular weight is 304 g/mol. The highest BCUT2D eigenvalue weighted by Crippen LogP contribution is 2.30. The Hall–Kier alpha value is -2.06. The zero-order valence-electron chi connectivity index (χ0n) is 9.64. The van der Waals surface area contributed by atoms with E-state index in [2.05, 4.69) is 32.3 Å². The van der Waals surface area contributed by atoms with E-state index in [-0.39, 0.29) is 0 Å². The van der Waals surface area contributed by atoms with Gasteiger partial charge in [-0.2, -0.15) is 5.26 Å². The van der Waals surface area contributed by atoms with E-state index in [0.717, 1.165) is 15.9 Å². The molecule has 0 aliphatic heterocycles. The normalized spacial score (nSPS) is 9.61. The molecule has 2 aromatic rings. The number of anilines is 2. The number of nitrogens with one attached hydrogen (secondary N) is 1. The first-order valence-electron chi connectivity index (χ1n) is 5.19. The summed E-state index contributed by atoms with van der Waals surface area (Å²) >= 11 is 3.44. The molecule has 0 amide bonds. The van der Waals surface area contributed by atoms with Gasteiger partial charge in [-0.15, -0.1) is 0 Å². The smallest absolute Gasteiger partial charge is 0.121 e. The number of rotatable bonds is 3. The Labute approximate surface area is 113 Å². The van der Waals surface area contributed by atoms with Crippen molar-refractivity contribution in [3.8, 4) is 11.8 Å². The molecular weight excluding hydrogens is 294 g/mol. The Bertz CT molecular complexity index is 607. The molecule has 0 spiro atoms. The highest BCUT2D eigenvalue weighted by molar-refractivity contribution is 9.10. The zero-order chi connectivity index (χ0) is 13.0. The van der Waals surface area contributed by atoms with Gasteiger partial charge in [0, 0.05) is 16.7 Å². The monoisotopic (exact) mass is 303 g/mol. The summed E-state index contributed by atoms with van der Waals surface area (Å²) in [5, 5.41) is 12.2. The fourth-order valence-corrected chi connectivity index (χ4v) is 1.81. The van der Waals surface area contributed by atoms with Crippen LogP contribution in [0.4, 0.5) is 11.4 Å². The van der Waals surface area contributed by atoms with Crippen molar-refractivity contribution in [3.63, 3.8) is 0 Å². The fraction of sp³-hybridized carbons (Fsp3) is 0.0769. The minimum absolute atomic E-state index is 0.541. The largest absolute Gasteiger partial charge is 0.497 e. The number of nitrogens with zero attached hydrogens (tertiary/aromatic N) is 2. The van der Waals surface area contributed by atoms with Crippen molar-refractivity contribution in [1.29, 1.82) is 5.26 Å². The van der Waals surface area contributed by atoms with E-state index in [1.807, 2.05) is 18.2 Å². The van der Waals surface area contributed by atoms with Crippen LogP contribution in [0.15, 0.2) is 41.1 Å². The van der Waals surface area contributed by atoms with E-state index in [4.69, 9.17) is 10.00 Å². The second-order valence-electron chi connectivity index (χ2n) is 3.50. The van der Waals surface area contributed by atoms with Gasteiger partial charge in [0.25, 0.3) is 0 Å². The van der Waals surface area contributed by atoms with E-state index >= 15 is 0 Å². The number of halogens is 1. The molecule has 90 valence electrons. The molecule has 1 aromatic carbocycles. The van der Waals surface area contributed by atoms with E-state index in [1.54, 1.807) is 25.6 Å². The number of nitriles is 1. The van der Waals surface area contributed by atoms with Gasteiger partial charge in [0.05, 0.1) is 30.2 Å². The number of pyridine rings is 1. The number of methoxy groups -OCH3 is 1. The van der Waals surface area contributed by atoms with Crippen LogP contribution in [0.3, 0.4) is 0 Å². The van der Waals surface area contributed by atoms with Crippen LogP contribution in [0.5, 0.6) is 5.75 Å². The topological polar surface area (TPSA) is 57.9 Å². The molecule has 0 radical (unpaired) electrons. The first-order chi connectivity index (χ1) is 8.74. The number of aromatic nitrogens is 1. The molecule has 0 saturated heterocycles. The maximum absolute atomic E-state index is 9.01. The summed E-state index contributed by atoms with van der Waals surface area (Å²) in [5.74, 6) is 0.739. The number of ether oxygens (including phenoxy) is 1. The van der Waals surface area contributed by atoms with Crippen molar-refractivity contribution >= 4 is 27.3 Å². The summed E-state index contributed by atoms with van der Waals surface area (Å²) in [6.45, 7) is 0. The molecular formula is C13H10BrN3O. The predicted molar refractivity (Wildman–Crippen MR) is 72.9 cm³/mol. The van der Waals surface area contributed by atoms with Gasteiger partial charge in [-0.05, 0) is 34.1 Å². The van der Waals surface area contributed by atoms with Crippen molar-refractivity contribution in [3.05, 3.63) is 46.7 Å². The number of hydrogen-bond donors (Lipinski definition) is 1. The van der Waals surface area contributed by atoms with Crippen molar-refractivity contribution in [1.82, 2.24) is 4.98 Å². The molecule has 4 nitrogen and oxygen atoms in total. The van der Waals surface area contributed by atoms with E-state index in [9.17, 15) is 0 Å². The summed E-state index contributed by atoms with van der Waals surface area (Å²) in [5.41, 5.74) is 2.02. The minimum Gasteiger partial charge on any atom is -0.497 e. The third-order valence-corrected chi connectivity index (χ3v) is 3.08. The van der Waals surface area contributed by atoms with Crippen molar-refractivity contribution in [2.75, 3.05) is 12.4 Å². The van der Waals surface area contributed by atoms with Gasteiger partial charge in [-0.3, -0.25) is 4.98 Å². The van der Waals surface area contributed by atoms with Crippen LogP contribution in [-0.4, -0.2) is 12.1 Å². The molecule has 0 saturated carbocycles. The van der Waals surface area contributed by atoms with Gasteiger partial charge >= 0.3 is 0 Å². The van der Waals surface area contributed by atoms with E-state index < -0.39 is 0 Å². The van der Waals surface area contributed by atoms with Crippen LogP contribution in [0.1, 0.15) is 5.56 Å². The summed E-state index contributed by atoms with van der Waals surface area (Å²) in [6.07, 6.45) is 3.20. The lowest BCUT2D eigenvalue weighted by atomic mass is 10.2. The highest BCUT2D eigenvalue weighted by atomic mass is 79.9. The Kier molecular flexibility index (Phi) is 3.80. The molecule has 2 rings (SSSR count). The van der Waals surface area contributed by atoms with Crippen LogP contribution in [0.2, 0.25) is 0 Å². The molecule has 18 heavy (non-hydrogen) atoms. The van der Waals surface area contributed by atoms with Crippen LogP contribution in [0, 0.1) is 11.3 Å². The molecule has 1 N–H and O–H groups in total. The van der Waals surface area contributed by atoms with Crippen molar-refractivity contribution in [2.45, 2.75) is 0 Å². The fourth-order valence-electron chi connectivity index (χ4n) is 1.46. The maximum Gasteiger partial charge on any atom is 0.121 e. The molecule has 0 unspecified atom stereocenters. The third kappa shape index (κ3) is 2.60. The van der Waals surface area contributed by atoms with Crippen molar-refractivity contribution in [2.24, 2.45) is 0 Å². The second-order valence-corrected chi connectivity index (χ2v) is 4.36. The molecule has 0 atom stereocenters. The molecule has 0 bridgehead atoms. The molecule has 0 aliphatic rings. The SMILES string of the molecule is COc1ccc(Br)c(Nc2cnccc2C#N)c1. The summed E-state index contributed by atoms with van der Waals surface area (Å²) in [7, 11) is 1.61. The van der Waals surface area contributed by atoms with E-state index in [0.29, 0.717) is 11.3 Å². The maximum atomic E-state index is 9.01. The van der Waals surface area contributed by atoms with Crippen molar-refractivity contribution < 1.29 is 4.74 Å². The quantitative estimate of drug-likeness (QED) is 0.943. The van der Waals surface area contributed by atoms with Gasteiger partial charge in [0.1, 0.15) is 11.8 Å². The number of benzene rings is 1. The third-order valence-electron chi connectivity index (χ3n) is 2.38. The minimum atomic E-state index is 0.541. The van der Waals surface area contributed by atoms with Crippen LogP contribution < -0.4 is 10.1 Å². The predicted octanol–water partition coefficient (Wildman–Crippen LogP) is 3.47. The van der Waals surface area contributed by atoms with Gasteiger partial charge in [0.15, 0.2) is 0 Å². The lowest BCUT2D eigenvalue weighted by Crippen LogP contribution is -1.96. The van der Waals surface area contributed by atoms with Crippen LogP contribution in [-0.2, 0) is 0 Å². The van der Waals surface area contributed by atoms with Gasteiger partial charge in [0.2, 0.25) is 0 Å². The Morgan fingerprint density at radius 1 is 1.33 bits per heavy atom. The van der Waals surface area contributed by atoms with Gasteiger partial charge < -0.3 is 10.1 Å². The van der Waals surface area contributed by atoms with Gasteiger partial charge in [-0.1, -0.05) is 0 Å². The summed E-state index contributed by atoms with van der Waals surface area (Å²) < 4.78 is 6.05. The molecule has 5 heteroatoms. The Morgan fingerprint density at radius 2 is 2.17 bits per heavy atom. The van der Waals surface area contributed by atoms with E-state index in [1.165, 1.54) is 0 Å². The zero-order valence-corrected chi connectivity index (χ0v) is 11.2. The summed E-state index contributed by atoms with van der Waals surface area (Å²) in [6, 6.07) is 9.35. The second kappa shape index (κ2) is 5.52. The first-order valence-corrected chi connectivity index (χ1v) is 5.98.